The molecule has 12 rings (SSSR count). The van der Waals surface area contributed by atoms with Crippen LogP contribution in [0.4, 0.5) is 17.1 Å². The van der Waals surface area contributed by atoms with Gasteiger partial charge in [-0.05, 0) is 110 Å². The number of thiophene rings is 1. The summed E-state index contributed by atoms with van der Waals surface area (Å²) < 4.78 is 2.65. The van der Waals surface area contributed by atoms with E-state index in [-0.39, 0.29) is 0 Å². The average Bonchev–Trinajstić information content (AvgIpc) is 3.91. The van der Waals surface area contributed by atoms with Gasteiger partial charge in [-0.15, -0.1) is 11.3 Å². The smallest absolute Gasteiger partial charge is 0.0726 e. The minimum atomic E-state index is -0.423. The molecule has 0 bridgehead atoms. The van der Waals surface area contributed by atoms with E-state index >= 15 is 0 Å². The lowest BCUT2D eigenvalue weighted by Gasteiger charge is -2.32. The highest BCUT2D eigenvalue weighted by atomic mass is 32.1. The van der Waals surface area contributed by atoms with Crippen LogP contribution in [0.25, 0.3) is 64.7 Å². The third kappa shape index (κ3) is 4.68. The van der Waals surface area contributed by atoms with E-state index in [2.05, 4.69) is 217 Å². The van der Waals surface area contributed by atoms with Crippen LogP contribution in [-0.2, 0) is 5.41 Å². The summed E-state index contributed by atoms with van der Waals surface area (Å²) in [7, 11) is 0. The molecule has 57 heavy (non-hydrogen) atoms. The first-order valence-corrected chi connectivity index (χ1v) is 20.5. The molecule has 9 aromatic carbocycles. The molecule has 1 aromatic heterocycles. The van der Waals surface area contributed by atoms with Crippen molar-refractivity contribution in [2.24, 2.45) is 0 Å². The largest absolute Gasteiger partial charge is 0.310 e. The molecule has 0 radical (unpaired) electrons. The van der Waals surface area contributed by atoms with Gasteiger partial charge in [0.1, 0.15) is 0 Å². The topological polar surface area (TPSA) is 3.24 Å². The zero-order chi connectivity index (χ0) is 37.5. The van der Waals surface area contributed by atoms with Crippen LogP contribution in [-0.4, -0.2) is 0 Å². The number of para-hydroxylation sites is 1. The van der Waals surface area contributed by atoms with Crippen LogP contribution in [0.2, 0.25) is 0 Å². The van der Waals surface area contributed by atoms with Crippen molar-refractivity contribution in [3.05, 3.63) is 235 Å². The summed E-state index contributed by atoms with van der Waals surface area (Å²) in [4.78, 5) is 2.46. The lowest BCUT2D eigenvalue weighted by Crippen LogP contribution is -2.26. The predicted molar refractivity (Wildman–Crippen MR) is 241 cm³/mol. The summed E-state index contributed by atoms with van der Waals surface area (Å²) in [6.07, 6.45) is 0. The van der Waals surface area contributed by atoms with Crippen molar-refractivity contribution in [3.63, 3.8) is 0 Å². The second-order valence-electron chi connectivity index (χ2n) is 15.2. The van der Waals surface area contributed by atoms with E-state index in [9.17, 15) is 0 Å². The number of benzene rings is 9. The van der Waals surface area contributed by atoms with E-state index in [1.807, 2.05) is 11.3 Å². The van der Waals surface area contributed by atoms with Gasteiger partial charge in [0.2, 0.25) is 0 Å². The van der Waals surface area contributed by atoms with Gasteiger partial charge in [0.25, 0.3) is 0 Å². The summed E-state index contributed by atoms with van der Waals surface area (Å²) >= 11 is 1.86. The fourth-order valence-electron chi connectivity index (χ4n) is 9.89. The van der Waals surface area contributed by atoms with E-state index in [4.69, 9.17) is 0 Å². The van der Waals surface area contributed by atoms with Gasteiger partial charge in [-0.2, -0.15) is 0 Å². The van der Waals surface area contributed by atoms with Crippen molar-refractivity contribution >= 4 is 48.6 Å². The SMILES string of the molecule is c1ccc(-c2ccccc2N(c2ccc(-c3ccc4sc5ccccc5c4c3)cc2)c2ccc3c(c2)C2(c4ccccc4-c4ccccc42)c2ccccc2-3)cc1. The van der Waals surface area contributed by atoms with Gasteiger partial charge >= 0.3 is 0 Å². The standard InChI is InChI=1S/C55H35NS/c1-2-14-37(15-3-1)41-16-7-12-24-52(41)56(39-29-26-36(27-30-39)38-28-33-54-47(34-38)46-20-8-13-25-53(46)57-54)40-31-32-45-44-19-6-11-23-50(44)55(51(45)35-40)48-21-9-4-17-42(48)43-18-5-10-22-49(43)55/h1-35H. The first kappa shape index (κ1) is 32.3. The van der Waals surface area contributed by atoms with Gasteiger partial charge in [-0.1, -0.05) is 164 Å². The highest BCUT2D eigenvalue weighted by Crippen LogP contribution is 2.63. The summed E-state index contributed by atoms with van der Waals surface area (Å²) in [6.45, 7) is 0. The van der Waals surface area contributed by atoms with E-state index in [0.29, 0.717) is 0 Å². The Balaban J connectivity index is 1.07. The Kier molecular flexibility index (Phi) is 7.08. The first-order chi connectivity index (χ1) is 28.3. The molecule has 2 aliphatic rings. The Labute approximate surface area is 336 Å². The maximum absolute atomic E-state index is 2.49. The lowest BCUT2D eigenvalue weighted by molar-refractivity contribution is 0.793. The monoisotopic (exact) mass is 741 g/mol. The molecule has 1 nitrogen and oxygen atoms in total. The van der Waals surface area contributed by atoms with Crippen molar-refractivity contribution < 1.29 is 0 Å². The van der Waals surface area contributed by atoms with Crippen LogP contribution in [0.1, 0.15) is 22.3 Å². The fraction of sp³-hybridized carbons (Fsp3) is 0.0182. The zero-order valence-electron chi connectivity index (χ0n) is 31.1. The number of rotatable bonds is 5. The summed E-state index contributed by atoms with van der Waals surface area (Å²) in [6, 6.07) is 78.7. The van der Waals surface area contributed by atoms with E-state index in [1.165, 1.54) is 86.9 Å². The van der Waals surface area contributed by atoms with Crippen molar-refractivity contribution in [1.82, 2.24) is 0 Å². The van der Waals surface area contributed by atoms with Crippen molar-refractivity contribution in [3.8, 4) is 44.5 Å². The highest BCUT2D eigenvalue weighted by Gasteiger charge is 2.51. The van der Waals surface area contributed by atoms with E-state index in [0.717, 1.165) is 17.1 Å². The molecular formula is C55H35NS. The molecular weight excluding hydrogens is 707 g/mol. The van der Waals surface area contributed by atoms with Gasteiger partial charge in [-0.25, -0.2) is 0 Å². The first-order valence-electron chi connectivity index (χ1n) is 19.7. The molecule has 1 spiro atoms. The third-order valence-electron chi connectivity index (χ3n) is 12.3. The Morgan fingerprint density at radius 2 is 0.842 bits per heavy atom. The number of hydrogen-bond donors (Lipinski definition) is 0. The van der Waals surface area contributed by atoms with E-state index in [1.54, 1.807) is 0 Å². The zero-order valence-corrected chi connectivity index (χ0v) is 31.9. The van der Waals surface area contributed by atoms with Crippen LogP contribution in [0.5, 0.6) is 0 Å². The Hall–Kier alpha value is -7.00. The minimum Gasteiger partial charge on any atom is -0.310 e. The normalized spacial score (nSPS) is 13.1. The van der Waals surface area contributed by atoms with Gasteiger partial charge < -0.3 is 4.90 Å². The lowest BCUT2D eigenvalue weighted by atomic mass is 9.70. The molecule has 266 valence electrons. The molecule has 10 aromatic rings. The number of anilines is 3. The second-order valence-corrected chi connectivity index (χ2v) is 16.3. The Morgan fingerprint density at radius 3 is 1.54 bits per heavy atom. The fourth-order valence-corrected chi connectivity index (χ4v) is 11.0. The molecule has 0 unspecified atom stereocenters. The summed E-state index contributed by atoms with van der Waals surface area (Å²) in [5.41, 5.74) is 18.4. The van der Waals surface area contributed by atoms with Gasteiger partial charge in [0, 0.05) is 37.1 Å². The van der Waals surface area contributed by atoms with Crippen LogP contribution < -0.4 is 4.90 Å². The average molecular weight is 742 g/mol. The summed E-state index contributed by atoms with van der Waals surface area (Å²) in [5, 5.41) is 2.64. The van der Waals surface area contributed by atoms with Crippen molar-refractivity contribution in [2.45, 2.75) is 5.41 Å². The molecule has 0 saturated carbocycles. The molecule has 1 heterocycles. The quantitative estimate of drug-likeness (QED) is 0.170. The number of fused-ring (bicyclic) bond motifs is 13. The number of hydrogen-bond acceptors (Lipinski definition) is 2. The summed E-state index contributed by atoms with van der Waals surface area (Å²) in [5.74, 6) is 0. The Morgan fingerprint density at radius 1 is 0.316 bits per heavy atom. The third-order valence-corrected chi connectivity index (χ3v) is 13.5. The molecule has 0 N–H and O–H groups in total. The molecule has 0 aliphatic heterocycles. The number of nitrogens with zero attached hydrogens (tertiary/aromatic N) is 1. The predicted octanol–water partition coefficient (Wildman–Crippen LogP) is 15.2. The van der Waals surface area contributed by atoms with Crippen molar-refractivity contribution in [1.29, 1.82) is 0 Å². The van der Waals surface area contributed by atoms with Crippen LogP contribution in [0, 0.1) is 0 Å². The van der Waals surface area contributed by atoms with Gasteiger partial charge in [0.15, 0.2) is 0 Å². The second kappa shape index (κ2) is 12.5. The molecule has 0 atom stereocenters. The van der Waals surface area contributed by atoms with Crippen molar-refractivity contribution in [2.75, 3.05) is 4.90 Å². The van der Waals surface area contributed by atoms with Crippen LogP contribution in [0.3, 0.4) is 0 Å². The van der Waals surface area contributed by atoms with Crippen LogP contribution in [0.15, 0.2) is 212 Å². The van der Waals surface area contributed by atoms with Gasteiger partial charge in [0.05, 0.1) is 11.1 Å². The molecule has 0 amide bonds. The maximum atomic E-state index is 2.49. The molecule has 2 aliphatic carbocycles. The maximum Gasteiger partial charge on any atom is 0.0726 e. The highest BCUT2D eigenvalue weighted by molar-refractivity contribution is 7.25. The Bertz CT molecular complexity index is 3130. The molecule has 2 heteroatoms. The minimum absolute atomic E-state index is 0.423. The van der Waals surface area contributed by atoms with E-state index < -0.39 is 5.41 Å². The molecule has 0 fully saturated rings. The van der Waals surface area contributed by atoms with Gasteiger partial charge in [-0.3, -0.25) is 0 Å². The molecule has 0 saturated heterocycles. The van der Waals surface area contributed by atoms with Crippen LogP contribution >= 0.6 is 11.3 Å².